The molecule has 3 heterocycles. The molecule has 1 aromatic carbocycles. The van der Waals surface area contributed by atoms with Gasteiger partial charge in [-0.25, -0.2) is 13.2 Å². The fourth-order valence-electron chi connectivity index (χ4n) is 5.00. The van der Waals surface area contributed by atoms with Crippen LogP contribution in [0.1, 0.15) is 60.4 Å². The minimum absolute atomic E-state index is 0.0894. The van der Waals surface area contributed by atoms with Crippen molar-refractivity contribution < 1.29 is 13.2 Å². The van der Waals surface area contributed by atoms with Crippen LogP contribution in [0.25, 0.3) is 5.69 Å². The third kappa shape index (κ3) is 4.13. The molecular formula is C23H23ClF3N5. The van der Waals surface area contributed by atoms with Crippen LogP contribution in [0.5, 0.6) is 0 Å². The van der Waals surface area contributed by atoms with Gasteiger partial charge in [-0.05, 0) is 61.6 Å². The highest BCUT2D eigenvalue weighted by atomic mass is 35.5. The zero-order chi connectivity index (χ0) is 22.2. The third-order valence-electron chi connectivity index (χ3n) is 6.46. The maximum absolute atomic E-state index is 14.2. The van der Waals surface area contributed by atoms with Gasteiger partial charge in [-0.1, -0.05) is 11.6 Å². The first-order valence-electron chi connectivity index (χ1n) is 10.8. The standard InChI is InChI=1S/C23H23ClF3N5/c24-17-7-8-19-16(10-17)11-31(12-20(26)27)13-21-29-30-23(32(19)21)15-5-3-14(4-6-15)22-18(25)2-1-9-28-22/h1-2,7-10,14-15,20H,3-6,11-13H2. The Balaban J connectivity index is 1.44. The van der Waals surface area contributed by atoms with Crippen LogP contribution in [0.2, 0.25) is 5.02 Å². The molecule has 2 aromatic heterocycles. The third-order valence-corrected chi connectivity index (χ3v) is 6.69. The van der Waals surface area contributed by atoms with E-state index in [1.807, 2.05) is 16.7 Å². The highest BCUT2D eigenvalue weighted by Gasteiger charge is 2.32. The number of alkyl halides is 2. The zero-order valence-electron chi connectivity index (χ0n) is 17.4. The van der Waals surface area contributed by atoms with Gasteiger partial charge in [0.25, 0.3) is 6.43 Å². The molecule has 0 spiro atoms. The number of benzene rings is 1. The van der Waals surface area contributed by atoms with Gasteiger partial charge in [0.2, 0.25) is 0 Å². The van der Waals surface area contributed by atoms with Crippen LogP contribution >= 0.6 is 11.6 Å². The Kier molecular flexibility index (Phi) is 5.90. The van der Waals surface area contributed by atoms with Crippen molar-refractivity contribution in [1.82, 2.24) is 24.6 Å². The van der Waals surface area contributed by atoms with Crippen molar-refractivity contribution in [2.75, 3.05) is 6.54 Å². The molecule has 3 aromatic rings. The smallest absolute Gasteiger partial charge is 0.251 e. The lowest BCUT2D eigenvalue weighted by atomic mass is 9.79. The molecule has 9 heteroatoms. The Morgan fingerprint density at radius 2 is 1.81 bits per heavy atom. The molecular weight excluding hydrogens is 439 g/mol. The number of fused-ring (bicyclic) bond motifs is 3. The number of hydrogen-bond donors (Lipinski definition) is 0. The van der Waals surface area contributed by atoms with Gasteiger partial charge in [-0.3, -0.25) is 14.5 Å². The van der Waals surface area contributed by atoms with Gasteiger partial charge < -0.3 is 0 Å². The van der Waals surface area contributed by atoms with E-state index in [4.69, 9.17) is 11.6 Å². The van der Waals surface area contributed by atoms with E-state index in [0.717, 1.165) is 42.8 Å². The predicted octanol–water partition coefficient (Wildman–Crippen LogP) is 5.48. The van der Waals surface area contributed by atoms with Crippen molar-refractivity contribution in [1.29, 1.82) is 0 Å². The molecule has 0 bridgehead atoms. The molecule has 0 unspecified atom stereocenters. The van der Waals surface area contributed by atoms with Crippen LogP contribution in [0, 0.1) is 5.82 Å². The van der Waals surface area contributed by atoms with Gasteiger partial charge in [0.15, 0.2) is 5.82 Å². The molecule has 0 amide bonds. The summed E-state index contributed by atoms with van der Waals surface area (Å²) in [6.45, 7) is 0.321. The maximum atomic E-state index is 14.2. The second kappa shape index (κ2) is 8.83. The minimum Gasteiger partial charge on any atom is -0.286 e. The maximum Gasteiger partial charge on any atom is 0.251 e. The summed E-state index contributed by atoms with van der Waals surface area (Å²) < 4.78 is 42.5. The number of rotatable bonds is 4. The van der Waals surface area contributed by atoms with E-state index >= 15 is 0 Å². The average molecular weight is 462 g/mol. The molecule has 32 heavy (non-hydrogen) atoms. The molecule has 1 aliphatic heterocycles. The van der Waals surface area contributed by atoms with E-state index in [-0.39, 0.29) is 30.7 Å². The van der Waals surface area contributed by atoms with Crippen molar-refractivity contribution >= 4 is 11.6 Å². The monoisotopic (exact) mass is 461 g/mol. The van der Waals surface area contributed by atoms with E-state index in [9.17, 15) is 13.2 Å². The van der Waals surface area contributed by atoms with E-state index in [1.165, 1.54) is 6.07 Å². The fraction of sp³-hybridized carbons (Fsp3) is 0.435. The van der Waals surface area contributed by atoms with E-state index in [0.29, 0.717) is 23.1 Å². The summed E-state index contributed by atoms with van der Waals surface area (Å²) in [4.78, 5) is 5.93. The van der Waals surface area contributed by atoms with Gasteiger partial charge in [-0.15, -0.1) is 10.2 Å². The van der Waals surface area contributed by atoms with Crippen LogP contribution in [-0.4, -0.2) is 37.6 Å². The summed E-state index contributed by atoms with van der Waals surface area (Å²) in [5.41, 5.74) is 2.30. The Morgan fingerprint density at radius 1 is 1.03 bits per heavy atom. The van der Waals surface area contributed by atoms with Gasteiger partial charge in [0.1, 0.15) is 11.6 Å². The van der Waals surface area contributed by atoms with Crippen molar-refractivity contribution in [3.05, 3.63) is 70.3 Å². The highest BCUT2D eigenvalue weighted by Crippen LogP contribution is 2.41. The lowest BCUT2D eigenvalue weighted by molar-refractivity contribution is 0.0804. The van der Waals surface area contributed by atoms with Gasteiger partial charge in [-0.2, -0.15) is 0 Å². The summed E-state index contributed by atoms with van der Waals surface area (Å²) in [6.07, 6.45) is 2.49. The topological polar surface area (TPSA) is 46.8 Å². The number of aromatic nitrogens is 4. The van der Waals surface area contributed by atoms with Crippen LogP contribution < -0.4 is 0 Å². The average Bonchev–Trinajstić information content (AvgIpc) is 3.10. The van der Waals surface area contributed by atoms with Gasteiger partial charge in [0, 0.05) is 29.6 Å². The van der Waals surface area contributed by atoms with E-state index in [1.54, 1.807) is 23.2 Å². The number of hydrogen-bond acceptors (Lipinski definition) is 4. The first kappa shape index (κ1) is 21.4. The van der Waals surface area contributed by atoms with Crippen molar-refractivity contribution in [2.24, 2.45) is 0 Å². The van der Waals surface area contributed by atoms with E-state index in [2.05, 4.69) is 15.2 Å². The fourth-order valence-corrected chi connectivity index (χ4v) is 5.20. The molecule has 1 fully saturated rings. The lowest BCUT2D eigenvalue weighted by Crippen LogP contribution is -2.27. The molecule has 0 saturated heterocycles. The number of pyridine rings is 1. The predicted molar refractivity (Wildman–Crippen MR) is 115 cm³/mol. The summed E-state index contributed by atoms with van der Waals surface area (Å²) in [5, 5.41) is 9.44. The van der Waals surface area contributed by atoms with Crippen LogP contribution in [0.15, 0.2) is 36.5 Å². The zero-order valence-corrected chi connectivity index (χ0v) is 18.1. The SMILES string of the molecule is Fc1cccnc1C1CCC(c2nnc3n2-c2ccc(Cl)cc2CN(CC(F)F)C3)CC1. The Labute approximate surface area is 189 Å². The molecule has 0 atom stereocenters. The molecule has 0 N–H and O–H groups in total. The van der Waals surface area contributed by atoms with Crippen molar-refractivity contribution in [3.8, 4) is 5.69 Å². The molecule has 1 aliphatic carbocycles. The molecule has 2 aliphatic rings. The Morgan fingerprint density at radius 3 is 2.56 bits per heavy atom. The lowest BCUT2D eigenvalue weighted by Gasteiger charge is -2.28. The van der Waals surface area contributed by atoms with Crippen LogP contribution in [0.4, 0.5) is 13.2 Å². The molecule has 168 valence electrons. The van der Waals surface area contributed by atoms with E-state index < -0.39 is 6.43 Å². The Bertz CT molecular complexity index is 1110. The largest absolute Gasteiger partial charge is 0.286 e. The Hall–Kier alpha value is -2.45. The van der Waals surface area contributed by atoms with Crippen molar-refractivity contribution in [2.45, 2.75) is 57.0 Å². The van der Waals surface area contributed by atoms with Crippen LogP contribution in [-0.2, 0) is 13.1 Å². The number of nitrogens with zero attached hydrogens (tertiary/aromatic N) is 5. The first-order valence-corrected chi connectivity index (χ1v) is 11.2. The second-order valence-electron chi connectivity index (χ2n) is 8.56. The quantitative estimate of drug-likeness (QED) is 0.516. The molecule has 1 saturated carbocycles. The molecule has 5 nitrogen and oxygen atoms in total. The highest BCUT2D eigenvalue weighted by molar-refractivity contribution is 6.30. The summed E-state index contributed by atoms with van der Waals surface area (Å²) >= 11 is 6.22. The second-order valence-corrected chi connectivity index (χ2v) is 9.00. The minimum atomic E-state index is -2.44. The number of halogens is 4. The normalized spacial score (nSPS) is 21.3. The van der Waals surface area contributed by atoms with Gasteiger partial charge >= 0.3 is 0 Å². The summed E-state index contributed by atoms with van der Waals surface area (Å²) in [5.74, 6) is 1.48. The molecule has 0 radical (unpaired) electrons. The first-order chi connectivity index (χ1) is 15.5. The molecule has 5 rings (SSSR count). The van der Waals surface area contributed by atoms with Crippen molar-refractivity contribution in [3.63, 3.8) is 0 Å². The van der Waals surface area contributed by atoms with Gasteiger partial charge in [0.05, 0.1) is 24.5 Å². The van der Waals surface area contributed by atoms with Crippen LogP contribution in [0.3, 0.4) is 0 Å². The summed E-state index contributed by atoms with van der Waals surface area (Å²) in [6, 6.07) is 8.61. The summed E-state index contributed by atoms with van der Waals surface area (Å²) in [7, 11) is 0.